The second-order valence-electron chi connectivity index (χ2n) is 5.65. The van der Waals surface area contributed by atoms with Gasteiger partial charge in [-0.05, 0) is 26.2 Å². The standard InChI is InChI=1S/C12H17ClN4O3S/c1-7-11(21(13,19)20)10(16-15-7)12(18)14-8-4-5-17(6-8)9-2-3-9/h8-9H,2-6H2,1H3,(H,14,18)(H,15,16). The number of nitrogens with zero attached hydrogens (tertiary/aromatic N) is 2. The van der Waals surface area contributed by atoms with Gasteiger partial charge in [0.15, 0.2) is 5.69 Å². The van der Waals surface area contributed by atoms with Gasteiger partial charge in [0.05, 0.1) is 5.69 Å². The van der Waals surface area contributed by atoms with Crippen LogP contribution in [0.4, 0.5) is 0 Å². The average Bonchev–Trinajstić information content (AvgIpc) is 2.99. The number of aryl methyl sites for hydroxylation is 1. The lowest BCUT2D eigenvalue weighted by molar-refractivity contribution is 0.0929. The van der Waals surface area contributed by atoms with Gasteiger partial charge >= 0.3 is 0 Å². The summed E-state index contributed by atoms with van der Waals surface area (Å²) in [6, 6.07) is 0.694. The Hall–Kier alpha value is -1.12. The van der Waals surface area contributed by atoms with Crippen molar-refractivity contribution in [1.82, 2.24) is 20.4 Å². The van der Waals surface area contributed by atoms with E-state index in [1.54, 1.807) is 0 Å². The van der Waals surface area contributed by atoms with Crippen LogP contribution in [0, 0.1) is 6.92 Å². The molecule has 2 aliphatic rings. The number of nitrogens with one attached hydrogen (secondary N) is 2. The minimum atomic E-state index is -4.01. The van der Waals surface area contributed by atoms with Crippen LogP contribution in [0.1, 0.15) is 35.4 Å². The summed E-state index contributed by atoms with van der Waals surface area (Å²) in [6.45, 7) is 3.29. The lowest BCUT2D eigenvalue weighted by Crippen LogP contribution is -2.38. The van der Waals surface area contributed by atoms with Gasteiger partial charge in [-0.3, -0.25) is 14.8 Å². The molecule has 1 aliphatic carbocycles. The van der Waals surface area contributed by atoms with Gasteiger partial charge in [-0.25, -0.2) is 8.42 Å². The molecule has 2 N–H and O–H groups in total. The molecule has 7 nitrogen and oxygen atoms in total. The highest BCUT2D eigenvalue weighted by molar-refractivity contribution is 8.13. The fourth-order valence-electron chi connectivity index (χ4n) is 2.80. The fraction of sp³-hybridized carbons (Fsp3) is 0.667. The van der Waals surface area contributed by atoms with Crippen LogP contribution in [0.3, 0.4) is 0 Å². The maximum absolute atomic E-state index is 12.2. The Bertz CT molecular complexity index is 668. The highest BCUT2D eigenvalue weighted by Crippen LogP contribution is 2.30. The molecule has 1 amide bonds. The number of likely N-dealkylation sites (tertiary alicyclic amines) is 1. The second-order valence-corrected chi connectivity index (χ2v) is 8.15. The highest BCUT2D eigenvalue weighted by atomic mass is 35.7. The molecule has 0 aromatic carbocycles. The first-order chi connectivity index (χ1) is 9.86. The van der Waals surface area contributed by atoms with Gasteiger partial charge in [0.1, 0.15) is 4.90 Å². The van der Waals surface area contributed by atoms with E-state index in [1.165, 1.54) is 19.8 Å². The third kappa shape index (κ3) is 3.07. The molecule has 0 spiro atoms. The number of amides is 1. The molecule has 1 unspecified atom stereocenters. The number of aromatic nitrogens is 2. The summed E-state index contributed by atoms with van der Waals surface area (Å²) < 4.78 is 23.1. The molecular weight excluding hydrogens is 316 g/mol. The fourth-order valence-corrected chi connectivity index (χ4v) is 4.15. The van der Waals surface area contributed by atoms with Crippen LogP contribution < -0.4 is 5.32 Å². The van der Waals surface area contributed by atoms with E-state index in [0.717, 1.165) is 19.5 Å². The van der Waals surface area contributed by atoms with E-state index in [-0.39, 0.29) is 22.3 Å². The number of hydrogen-bond acceptors (Lipinski definition) is 5. The zero-order chi connectivity index (χ0) is 15.2. The summed E-state index contributed by atoms with van der Waals surface area (Å²) in [5.74, 6) is -0.499. The molecule has 0 radical (unpaired) electrons. The van der Waals surface area contributed by atoms with Gasteiger partial charge in [-0.15, -0.1) is 0 Å². The van der Waals surface area contributed by atoms with E-state index in [9.17, 15) is 13.2 Å². The van der Waals surface area contributed by atoms with Crippen LogP contribution in [-0.4, -0.2) is 54.6 Å². The maximum Gasteiger partial charge on any atom is 0.273 e. The summed E-state index contributed by atoms with van der Waals surface area (Å²) in [5, 5.41) is 9.13. The van der Waals surface area contributed by atoms with Gasteiger partial charge in [0.2, 0.25) is 0 Å². The summed E-state index contributed by atoms with van der Waals surface area (Å²) in [4.78, 5) is 14.4. The molecule has 2 heterocycles. The zero-order valence-corrected chi connectivity index (χ0v) is 13.2. The minimum Gasteiger partial charge on any atom is -0.347 e. The molecule has 1 atom stereocenters. The van der Waals surface area contributed by atoms with E-state index in [2.05, 4.69) is 20.4 Å². The molecule has 1 aromatic rings. The van der Waals surface area contributed by atoms with Gasteiger partial charge in [0, 0.05) is 35.9 Å². The number of halogens is 1. The van der Waals surface area contributed by atoms with E-state index < -0.39 is 15.0 Å². The van der Waals surface area contributed by atoms with Crippen molar-refractivity contribution in [3.63, 3.8) is 0 Å². The molecule has 2 fully saturated rings. The Morgan fingerprint density at radius 3 is 2.76 bits per heavy atom. The van der Waals surface area contributed by atoms with Crippen LogP contribution in [-0.2, 0) is 9.05 Å². The van der Waals surface area contributed by atoms with Crippen LogP contribution in [0.5, 0.6) is 0 Å². The molecule has 1 saturated heterocycles. The van der Waals surface area contributed by atoms with Crippen molar-refractivity contribution >= 4 is 25.6 Å². The number of rotatable bonds is 4. The SMILES string of the molecule is Cc1[nH]nc(C(=O)NC2CCN(C3CC3)C2)c1S(=O)(=O)Cl. The monoisotopic (exact) mass is 332 g/mol. The minimum absolute atomic E-state index is 0.0287. The van der Waals surface area contributed by atoms with Gasteiger partial charge < -0.3 is 5.32 Å². The van der Waals surface area contributed by atoms with Crippen molar-refractivity contribution in [2.24, 2.45) is 0 Å². The quantitative estimate of drug-likeness (QED) is 0.788. The molecule has 3 rings (SSSR count). The Morgan fingerprint density at radius 1 is 1.43 bits per heavy atom. The van der Waals surface area contributed by atoms with Crippen LogP contribution in [0.25, 0.3) is 0 Å². The molecule has 1 saturated carbocycles. The predicted octanol–water partition coefficient (Wildman–Crippen LogP) is 0.612. The third-order valence-electron chi connectivity index (χ3n) is 3.97. The largest absolute Gasteiger partial charge is 0.347 e. The van der Waals surface area contributed by atoms with Crippen molar-refractivity contribution in [3.05, 3.63) is 11.4 Å². The number of carbonyl (C=O) groups is 1. The number of H-pyrrole nitrogens is 1. The smallest absolute Gasteiger partial charge is 0.273 e. The van der Waals surface area contributed by atoms with E-state index in [1.807, 2.05) is 0 Å². The molecular formula is C12H17ClN4O3S. The Kier molecular flexibility index (Phi) is 3.71. The Labute approximate surface area is 127 Å². The summed E-state index contributed by atoms with van der Waals surface area (Å²) in [6.07, 6.45) is 3.33. The van der Waals surface area contributed by atoms with Crippen LogP contribution in [0.15, 0.2) is 4.90 Å². The van der Waals surface area contributed by atoms with Crippen LogP contribution in [0.2, 0.25) is 0 Å². The molecule has 9 heteroatoms. The summed E-state index contributed by atoms with van der Waals surface area (Å²) >= 11 is 0. The van der Waals surface area contributed by atoms with Gasteiger partial charge in [-0.2, -0.15) is 5.10 Å². The first kappa shape index (κ1) is 14.8. The first-order valence-corrected chi connectivity index (χ1v) is 9.21. The average molecular weight is 333 g/mol. The topological polar surface area (TPSA) is 95.2 Å². The van der Waals surface area contributed by atoms with Gasteiger partial charge in [-0.1, -0.05) is 0 Å². The summed E-state index contributed by atoms with van der Waals surface area (Å²) in [7, 11) is 1.36. The summed E-state index contributed by atoms with van der Waals surface area (Å²) in [5.41, 5.74) is 0.105. The van der Waals surface area contributed by atoms with Crippen molar-refractivity contribution in [1.29, 1.82) is 0 Å². The Morgan fingerprint density at radius 2 is 2.14 bits per heavy atom. The van der Waals surface area contributed by atoms with E-state index >= 15 is 0 Å². The van der Waals surface area contributed by atoms with Crippen molar-refractivity contribution in [3.8, 4) is 0 Å². The van der Waals surface area contributed by atoms with E-state index in [0.29, 0.717) is 6.04 Å². The zero-order valence-electron chi connectivity index (χ0n) is 11.6. The lowest BCUT2D eigenvalue weighted by Gasteiger charge is -2.15. The molecule has 0 bridgehead atoms. The van der Waals surface area contributed by atoms with Gasteiger partial charge in [0.25, 0.3) is 15.0 Å². The molecule has 116 valence electrons. The third-order valence-corrected chi connectivity index (χ3v) is 5.42. The lowest BCUT2D eigenvalue weighted by atomic mass is 10.2. The number of aromatic amines is 1. The number of hydrogen-bond donors (Lipinski definition) is 2. The normalized spacial score (nSPS) is 23.4. The highest BCUT2D eigenvalue weighted by Gasteiger charge is 2.35. The van der Waals surface area contributed by atoms with Crippen molar-refractivity contribution < 1.29 is 13.2 Å². The predicted molar refractivity (Wildman–Crippen MR) is 76.8 cm³/mol. The molecule has 1 aliphatic heterocycles. The number of carbonyl (C=O) groups excluding carboxylic acids is 1. The Balaban J connectivity index is 1.71. The van der Waals surface area contributed by atoms with Crippen molar-refractivity contribution in [2.75, 3.05) is 13.1 Å². The second kappa shape index (κ2) is 5.26. The maximum atomic E-state index is 12.2. The van der Waals surface area contributed by atoms with Crippen LogP contribution >= 0.6 is 10.7 Å². The van der Waals surface area contributed by atoms with E-state index in [4.69, 9.17) is 10.7 Å². The molecule has 1 aromatic heterocycles. The van der Waals surface area contributed by atoms with Crippen molar-refractivity contribution in [2.45, 2.75) is 43.2 Å². The first-order valence-electron chi connectivity index (χ1n) is 6.91. The molecule has 21 heavy (non-hydrogen) atoms.